The standard InChI is InChI=1S/C9H11F2NO2/c1-13-5-14-9-7(10)2-6(4-12)3-8(9)11/h2-3H,4-5,12H2,1H3. The highest BCUT2D eigenvalue weighted by Crippen LogP contribution is 2.22. The number of nitrogens with two attached hydrogens (primary N) is 1. The van der Waals surface area contributed by atoms with E-state index in [0.717, 1.165) is 12.1 Å². The predicted octanol–water partition coefficient (Wildman–Crippen LogP) is 1.41. The van der Waals surface area contributed by atoms with Crippen molar-refractivity contribution in [2.24, 2.45) is 5.73 Å². The monoisotopic (exact) mass is 203 g/mol. The van der Waals surface area contributed by atoms with Crippen LogP contribution in [0.5, 0.6) is 5.75 Å². The van der Waals surface area contributed by atoms with E-state index in [9.17, 15) is 8.78 Å². The van der Waals surface area contributed by atoms with Gasteiger partial charge in [0.1, 0.15) is 0 Å². The van der Waals surface area contributed by atoms with Crippen molar-refractivity contribution in [3.8, 4) is 5.75 Å². The fourth-order valence-electron chi connectivity index (χ4n) is 0.986. The van der Waals surface area contributed by atoms with Gasteiger partial charge in [0.2, 0.25) is 0 Å². The molecule has 78 valence electrons. The van der Waals surface area contributed by atoms with Crippen LogP contribution in [0.4, 0.5) is 8.78 Å². The lowest BCUT2D eigenvalue weighted by molar-refractivity contribution is 0.0452. The first-order chi connectivity index (χ1) is 6.69. The van der Waals surface area contributed by atoms with Gasteiger partial charge < -0.3 is 15.2 Å². The molecule has 3 nitrogen and oxygen atoms in total. The molecule has 0 saturated heterocycles. The molecule has 0 aliphatic heterocycles. The predicted molar refractivity (Wildman–Crippen MR) is 46.8 cm³/mol. The van der Waals surface area contributed by atoms with Gasteiger partial charge in [-0.1, -0.05) is 0 Å². The Balaban J connectivity index is 2.93. The molecule has 0 amide bonds. The molecule has 5 heteroatoms. The summed E-state index contributed by atoms with van der Waals surface area (Å²) in [6.07, 6.45) is 0. The Morgan fingerprint density at radius 2 is 1.86 bits per heavy atom. The fraction of sp³-hybridized carbons (Fsp3) is 0.333. The van der Waals surface area contributed by atoms with Crippen LogP contribution < -0.4 is 10.5 Å². The van der Waals surface area contributed by atoms with Crippen LogP contribution in [0.3, 0.4) is 0 Å². The smallest absolute Gasteiger partial charge is 0.193 e. The number of rotatable bonds is 4. The minimum absolute atomic E-state index is 0.0817. The maximum absolute atomic E-state index is 13.1. The van der Waals surface area contributed by atoms with Crippen molar-refractivity contribution in [1.29, 1.82) is 0 Å². The van der Waals surface area contributed by atoms with Gasteiger partial charge in [0.05, 0.1) is 0 Å². The summed E-state index contributed by atoms with van der Waals surface area (Å²) in [5, 5.41) is 0. The van der Waals surface area contributed by atoms with Gasteiger partial charge in [-0.25, -0.2) is 8.78 Å². The van der Waals surface area contributed by atoms with E-state index in [0.29, 0.717) is 5.56 Å². The molecule has 0 aliphatic carbocycles. The Morgan fingerprint density at radius 3 is 2.29 bits per heavy atom. The van der Waals surface area contributed by atoms with Crippen molar-refractivity contribution in [3.63, 3.8) is 0 Å². The van der Waals surface area contributed by atoms with Gasteiger partial charge in [0.15, 0.2) is 24.2 Å². The summed E-state index contributed by atoms with van der Waals surface area (Å²) in [6, 6.07) is 2.27. The molecule has 0 aromatic heterocycles. The van der Waals surface area contributed by atoms with Gasteiger partial charge in [0.25, 0.3) is 0 Å². The molecular weight excluding hydrogens is 192 g/mol. The normalized spacial score (nSPS) is 10.3. The highest BCUT2D eigenvalue weighted by atomic mass is 19.1. The minimum atomic E-state index is -0.775. The Hall–Kier alpha value is -1.20. The van der Waals surface area contributed by atoms with Crippen molar-refractivity contribution in [2.75, 3.05) is 13.9 Å². The molecule has 2 N–H and O–H groups in total. The van der Waals surface area contributed by atoms with Gasteiger partial charge in [-0.2, -0.15) is 0 Å². The van der Waals surface area contributed by atoms with Gasteiger partial charge in [-0.3, -0.25) is 0 Å². The third-order valence-corrected chi connectivity index (χ3v) is 1.61. The number of benzene rings is 1. The van der Waals surface area contributed by atoms with Crippen LogP contribution in [-0.2, 0) is 11.3 Å². The Kier molecular flexibility index (Phi) is 3.79. The Labute approximate surface area is 80.4 Å². The molecular formula is C9H11F2NO2. The SMILES string of the molecule is COCOc1c(F)cc(CN)cc1F. The van der Waals surface area contributed by atoms with Crippen LogP contribution in [0.25, 0.3) is 0 Å². The fourth-order valence-corrected chi connectivity index (χ4v) is 0.986. The van der Waals surface area contributed by atoms with Gasteiger partial charge in [0, 0.05) is 13.7 Å². The lowest BCUT2D eigenvalue weighted by Gasteiger charge is -2.08. The van der Waals surface area contributed by atoms with Crippen LogP contribution in [0, 0.1) is 11.6 Å². The number of hydrogen-bond donors (Lipinski definition) is 1. The number of hydrogen-bond acceptors (Lipinski definition) is 3. The molecule has 0 radical (unpaired) electrons. The summed E-state index contributed by atoms with van der Waals surface area (Å²) >= 11 is 0. The molecule has 1 aromatic rings. The maximum atomic E-state index is 13.1. The van der Waals surface area contributed by atoms with Crippen molar-refractivity contribution in [1.82, 2.24) is 0 Å². The summed E-state index contributed by atoms with van der Waals surface area (Å²) in [5.41, 5.74) is 5.62. The molecule has 0 saturated carbocycles. The van der Waals surface area contributed by atoms with E-state index >= 15 is 0 Å². The number of halogens is 2. The van der Waals surface area contributed by atoms with Crippen molar-refractivity contribution in [3.05, 3.63) is 29.3 Å². The average Bonchev–Trinajstić information content (AvgIpc) is 2.16. The third kappa shape index (κ3) is 2.40. The van der Waals surface area contributed by atoms with E-state index in [4.69, 9.17) is 10.5 Å². The van der Waals surface area contributed by atoms with Crippen LogP contribution in [0.15, 0.2) is 12.1 Å². The van der Waals surface area contributed by atoms with E-state index in [1.165, 1.54) is 7.11 Å². The molecule has 1 aromatic carbocycles. The first-order valence-electron chi connectivity index (χ1n) is 3.98. The maximum Gasteiger partial charge on any atom is 0.193 e. The lowest BCUT2D eigenvalue weighted by atomic mass is 10.2. The van der Waals surface area contributed by atoms with Gasteiger partial charge in [-0.15, -0.1) is 0 Å². The van der Waals surface area contributed by atoms with Crippen LogP contribution in [0.1, 0.15) is 5.56 Å². The summed E-state index contributed by atoms with van der Waals surface area (Å²) < 4.78 is 35.5. The minimum Gasteiger partial charge on any atom is -0.461 e. The summed E-state index contributed by atoms with van der Waals surface area (Å²) in [6.45, 7) is -0.117. The average molecular weight is 203 g/mol. The van der Waals surface area contributed by atoms with Gasteiger partial charge in [-0.05, 0) is 17.7 Å². The van der Waals surface area contributed by atoms with Crippen molar-refractivity contribution >= 4 is 0 Å². The molecule has 1 rings (SSSR count). The molecule has 0 unspecified atom stereocenters. The second-order valence-corrected chi connectivity index (χ2v) is 2.64. The quantitative estimate of drug-likeness (QED) is 0.752. The number of ether oxygens (including phenoxy) is 2. The zero-order valence-electron chi connectivity index (χ0n) is 7.72. The molecule has 0 heterocycles. The zero-order valence-corrected chi connectivity index (χ0v) is 7.72. The topological polar surface area (TPSA) is 44.5 Å². The molecule has 14 heavy (non-hydrogen) atoms. The van der Waals surface area contributed by atoms with E-state index in [-0.39, 0.29) is 13.3 Å². The summed E-state index contributed by atoms with van der Waals surface area (Å²) in [4.78, 5) is 0. The van der Waals surface area contributed by atoms with E-state index in [1.54, 1.807) is 0 Å². The lowest BCUT2D eigenvalue weighted by Crippen LogP contribution is -2.05. The summed E-state index contributed by atoms with van der Waals surface area (Å²) in [5.74, 6) is -1.99. The molecule has 0 bridgehead atoms. The van der Waals surface area contributed by atoms with E-state index in [2.05, 4.69) is 4.74 Å². The Bertz CT molecular complexity index is 295. The largest absolute Gasteiger partial charge is 0.461 e. The Morgan fingerprint density at radius 1 is 1.29 bits per heavy atom. The first-order valence-corrected chi connectivity index (χ1v) is 3.98. The van der Waals surface area contributed by atoms with Crippen LogP contribution in [-0.4, -0.2) is 13.9 Å². The summed E-state index contributed by atoms with van der Waals surface area (Å²) in [7, 11) is 1.37. The van der Waals surface area contributed by atoms with Crippen molar-refractivity contribution in [2.45, 2.75) is 6.54 Å². The highest BCUT2D eigenvalue weighted by Gasteiger charge is 2.11. The second kappa shape index (κ2) is 4.88. The van der Waals surface area contributed by atoms with E-state index < -0.39 is 17.4 Å². The van der Waals surface area contributed by atoms with E-state index in [1.807, 2.05) is 0 Å². The highest BCUT2D eigenvalue weighted by molar-refractivity contribution is 5.31. The van der Waals surface area contributed by atoms with Crippen LogP contribution in [0.2, 0.25) is 0 Å². The second-order valence-electron chi connectivity index (χ2n) is 2.64. The first kappa shape index (κ1) is 10.9. The van der Waals surface area contributed by atoms with Gasteiger partial charge >= 0.3 is 0 Å². The molecule has 0 fully saturated rings. The number of methoxy groups -OCH3 is 1. The molecule has 0 atom stereocenters. The molecule has 0 spiro atoms. The van der Waals surface area contributed by atoms with Crippen LogP contribution >= 0.6 is 0 Å². The zero-order chi connectivity index (χ0) is 10.6. The molecule has 0 aliphatic rings. The third-order valence-electron chi connectivity index (χ3n) is 1.61. The van der Waals surface area contributed by atoms with Crippen molar-refractivity contribution < 1.29 is 18.3 Å².